The first-order valence-corrected chi connectivity index (χ1v) is 9.89. The zero-order valence-electron chi connectivity index (χ0n) is 16.8. The first-order chi connectivity index (χ1) is 13.9. The molecule has 12 nitrogen and oxygen atoms in total. The third-order valence-electron chi connectivity index (χ3n) is 3.95. The van der Waals surface area contributed by atoms with Crippen LogP contribution < -0.4 is 21.7 Å². The molecule has 0 aromatic heterocycles. The Morgan fingerprint density at radius 1 is 0.900 bits per heavy atom. The predicted octanol–water partition coefficient (Wildman–Crippen LogP) is -2.31. The van der Waals surface area contributed by atoms with Crippen molar-refractivity contribution < 1.29 is 39.3 Å². The highest BCUT2D eigenvalue weighted by Crippen LogP contribution is 2.07. The molecule has 0 fully saturated rings. The van der Waals surface area contributed by atoms with Crippen LogP contribution in [0.4, 0.5) is 0 Å². The highest BCUT2D eigenvalue weighted by molar-refractivity contribution is 7.80. The van der Waals surface area contributed by atoms with Gasteiger partial charge in [0.25, 0.3) is 0 Å². The number of carboxylic acid groups (broad SMARTS) is 2. The van der Waals surface area contributed by atoms with Gasteiger partial charge in [-0.05, 0) is 18.8 Å². The molecule has 0 aliphatic rings. The van der Waals surface area contributed by atoms with Gasteiger partial charge in [0, 0.05) is 12.2 Å². The molecular formula is C17H30N4O8S. The van der Waals surface area contributed by atoms with E-state index in [-0.39, 0.29) is 24.5 Å². The quantitative estimate of drug-likeness (QED) is 0.133. The number of aliphatic carboxylic acids is 2. The lowest BCUT2D eigenvalue weighted by atomic mass is 10.0. The van der Waals surface area contributed by atoms with Crippen molar-refractivity contribution in [3.63, 3.8) is 0 Å². The number of rotatable bonds is 14. The molecule has 0 aliphatic carbocycles. The average molecular weight is 451 g/mol. The molecule has 172 valence electrons. The number of carbonyl (C=O) groups is 5. The van der Waals surface area contributed by atoms with Crippen LogP contribution in [-0.4, -0.2) is 81.5 Å². The predicted molar refractivity (Wildman–Crippen MR) is 109 cm³/mol. The number of amides is 3. The number of aliphatic hydroxyl groups excluding tert-OH is 1. The van der Waals surface area contributed by atoms with Gasteiger partial charge in [-0.2, -0.15) is 12.6 Å². The monoisotopic (exact) mass is 450 g/mol. The number of carboxylic acids is 2. The van der Waals surface area contributed by atoms with E-state index < -0.39 is 66.9 Å². The molecule has 0 saturated carbocycles. The van der Waals surface area contributed by atoms with Crippen molar-refractivity contribution in [3.8, 4) is 0 Å². The number of hydrogen-bond acceptors (Lipinski definition) is 8. The fraction of sp³-hybridized carbons (Fsp3) is 0.706. The summed E-state index contributed by atoms with van der Waals surface area (Å²) in [5.41, 5.74) is 5.37. The summed E-state index contributed by atoms with van der Waals surface area (Å²) in [6.45, 7) is 2.88. The molecule has 0 saturated heterocycles. The minimum absolute atomic E-state index is 0.0435. The lowest BCUT2D eigenvalue weighted by molar-refractivity contribution is -0.143. The second-order valence-corrected chi connectivity index (χ2v) is 7.42. The molecule has 30 heavy (non-hydrogen) atoms. The van der Waals surface area contributed by atoms with Crippen LogP contribution in [0, 0.1) is 5.92 Å². The Labute approximate surface area is 179 Å². The molecule has 0 aromatic carbocycles. The minimum Gasteiger partial charge on any atom is -0.481 e. The van der Waals surface area contributed by atoms with E-state index in [0.717, 1.165) is 0 Å². The molecule has 3 amide bonds. The van der Waals surface area contributed by atoms with Crippen LogP contribution in [0.3, 0.4) is 0 Å². The van der Waals surface area contributed by atoms with Crippen LogP contribution in [0.5, 0.6) is 0 Å². The van der Waals surface area contributed by atoms with Crippen LogP contribution in [0.25, 0.3) is 0 Å². The van der Waals surface area contributed by atoms with Gasteiger partial charge < -0.3 is 37.0 Å². The maximum Gasteiger partial charge on any atom is 0.326 e. The third kappa shape index (κ3) is 10.4. The van der Waals surface area contributed by atoms with E-state index in [1.54, 1.807) is 13.8 Å². The van der Waals surface area contributed by atoms with Crippen molar-refractivity contribution in [1.29, 1.82) is 0 Å². The summed E-state index contributed by atoms with van der Waals surface area (Å²) < 4.78 is 0. The fourth-order valence-corrected chi connectivity index (χ4v) is 2.59. The van der Waals surface area contributed by atoms with Crippen molar-refractivity contribution in [2.45, 2.75) is 57.3 Å². The summed E-state index contributed by atoms with van der Waals surface area (Å²) in [7, 11) is 0. The van der Waals surface area contributed by atoms with Gasteiger partial charge in [0.2, 0.25) is 17.7 Å². The summed E-state index contributed by atoms with van der Waals surface area (Å²) in [4.78, 5) is 59.0. The number of carbonyl (C=O) groups excluding carboxylic acids is 3. The van der Waals surface area contributed by atoms with Gasteiger partial charge >= 0.3 is 11.9 Å². The van der Waals surface area contributed by atoms with E-state index in [4.69, 9.17) is 15.9 Å². The van der Waals surface area contributed by atoms with Gasteiger partial charge in [0.1, 0.15) is 24.2 Å². The summed E-state index contributed by atoms with van der Waals surface area (Å²) in [6.07, 6.45) is -0.632. The lowest BCUT2D eigenvalue weighted by Crippen LogP contribution is -2.58. The fourth-order valence-electron chi connectivity index (χ4n) is 2.33. The van der Waals surface area contributed by atoms with E-state index in [0.29, 0.717) is 0 Å². The van der Waals surface area contributed by atoms with Gasteiger partial charge in [-0.15, -0.1) is 0 Å². The van der Waals surface area contributed by atoms with Gasteiger partial charge in [-0.1, -0.05) is 13.8 Å². The molecule has 0 bridgehead atoms. The van der Waals surface area contributed by atoms with Crippen molar-refractivity contribution in [3.05, 3.63) is 0 Å². The number of nitrogens with one attached hydrogen (secondary N) is 3. The normalized spacial score (nSPS) is 14.9. The molecule has 0 rings (SSSR count). The number of nitrogens with two attached hydrogens (primary N) is 1. The molecule has 0 aliphatic heterocycles. The Hall–Kier alpha value is -2.38. The standard InChI is InChI=1S/C17H30N4O8S/c1-8(2)5-11(17(28)29)20-15(26)10(3-4-13(23)24)19-16(27)12(7-30)21-14(25)9(18)6-22/h8-12,22,30H,3-7,18H2,1-2H3,(H,19,27)(H,20,26)(H,21,25)(H,23,24)(H,28,29). The van der Waals surface area contributed by atoms with Crippen LogP contribution in [0.2, 0.25) is 0 Å². The molecule has 4 unspecified atom stereocenters. The molecular weight excluding hydrogens is 420 g/mol. The third-order valence-corrected chi connectivity index (χ3v) is 4.32. The van der Waals surface area contributed by atoms with Crippen molar-refractivity contribution >= 4 is 42.3 Å². The Bertz CT molecular complexity index is 631. The van der Waals surface area contributed by atoms with Crippen LogP contribution in [0.1, 0.15) is 33.1 Å². The topological polar surface area (TPSA) is 208 Å². The number of hydrogen-bond donors (Lipinski definition) is 8. The SMILES string of the molecule is CC(C)CC(NC(=O)C(CCC(=O)O)NC(=O)C(CS)NC(=O)C(N)CO)C(=O)O. The van der Waals surface area contributed by atoms with Crippen LogP contribution in [0.15, 0.2) is 0 Å². The number of thiol groups is 1. The summed E-state index contributed by atoms with van der Waals surface area (Å²) in [5.74, 6) is -5.22. The Balaban J connectivity index is 5.32. The van der Waals surface area contributed by atoms with Crippen molar-refractivity contribution in [1.82, 2.24) is 16.0 Å². The molecule has 8 N–H and O–H groups in total. The number of aliphatic hydroxyl groups is 1. The smallest absolute Gasteiger partial charge is 0.326 e. The zero-order chi connectivity index (χ0) is 23.4. The Morgan fingerprint density at radius 2 is 1.40 bits per heavy atom. The highest BCUT2D eigenvalue weighted by Gasteiger charge is 2.30. The molecule has 4 atom stereocenters. The molecule has 0 aromatic rings. The van der Waals surface area contributed by atoms with Crippen LogP contribution >= 0.6 is 12.6 Å². The average Bonchev–Trinajstić information content (AvgIpc) is 2.66. The Kier molecular flexibility index (Phi) is 12.7. The molecule has 0 spiro atoms. The first kappa shape index (κ1) is 27.6. The summed E-state index contributed by atoms with van der Waals surface area (Å²) >= 11 is 3.96. The van der Waals surface area contributed by atoms with Gasteiger partial charge in [-0.3, -0.25) is 19.2 Å². The molecule has 0 radical (unpaired) electrons. The van der Waals surface area contributed by atoms with Gasteiger partial charge in [-0.25, -0.2) is 4.79 Å². The highest BCUT2D eigenvalue weighted by atomic mass is 32.1. The van der Waals surface area contributed by atoms with Crippen molar-refractivity contribution in [2.24, 2.45) is 11.7 Å². The first-order valence-electron chi connectivity index (χ1n) is 9.25. The largest absolute Gasteiger partial charge is 0.481 e. The summed E-state index contributed by atoms with van der Waals surface area (Å²) in [5, 5.41) is 33.9. The van der Waals surface area contributed by atoms with Gasteiger partial charge in [0.05, 0.1) is 6.61 Å². The molecule has 0 heterocycles. The van der Waals surface area contributed by atoms with E-state index in [1.807, 2.05) is 0 Å². The summed E-state index contributed by atoms with van der Waals surface area (Å²) in [6, 6.07) is -5.05. The lowest BCUT2D eigenvalue weighted by Gasteiger charge is -2.24. The van der Waals surface area contributed by atoms with E-state index in [1.165, 1.54) is 0 Å². The maximum atomic E-state index is 12.5. The van der Waals surface area contributed by atoms with Crippen LogP contribution in [-0.2, 0) is 24.0 Å². The van der Waals surface area contributed by atoms with E-state index in [2.05, 4.69) is 28.6 Å². The zero-order valence-corrected chi connectivity index (χ0v) is 17.7. The molecule has 13 heteroatoms. The minimum atomic E-state index is -1.35. The Morgan fingerprint density at radius 3 is 1.83 bits per heavy atom. The van der Waals surface area contributed by atoms with Crippen molar-refractivity contribution in [2.75, 3.05) is 12.4 Å². The van der Waals surface area contributed by atoms with E-state index >= 15 is 0 Å². The van der Waals surface area contributed by atoms with Gasteiger partial charge in [0.15, 0.2) is 0 Å². The second-order valence-electron chi connectivity index (χ2n) is 7.06. The second kappa shape index (κ2) is 13.8. The van der Waals surface area contributed by atoms with E-state index in [9.17, 15) is 29.1 Å². The maximum absolute atomic E-state index is 12.5.